The van der Waals surface area contributed by atoms with Gasteiger partial charge in [-0.25, -0.2) is 4.98 Å². The van der Waals surface area contributed by atoms with Crippen molar-refractivity contribution in [1.29, 1.82) is 0 Å². The Bertz CT molecular complexity index is 416. The van der Waals surface area contributed by atoms with Crippen LogP contribution >= 0.6 is 0 Å². The third kappa shape index (κ3) is 3.61. The van der Waals surface area contributed by atoms with E-state index in [0.717, 1.165) is 31.0 Å². The normalized spacial score (nSPS) is 30.3. The molecule has 4 atom stereocenters. The van der Waals surface area contributed by atoms with Crippen LogP contribution in [-0.4, -0.2) is 29.8 Å². The number of aryl methyl sites for hydroxylation is 1. The van der Waals surface area contributed by atoms with Crippen molar-refractivity contribution >= 4 is 0 Å². The summed E-state index contributed by atoms with van der Waals surface area (Å²) in [6, 6.07) is 0.536. The molecule has 0 radical (unpaired) electrons. The molecule has 1 aliphatic rings. The second-order valence-electron chi connectivity index (χ2n) is 6.30. The van der Waals surface area contributed by atoms with Crippen LogP contribution in [0.15, 0.2) is 10.6 Å². The van der Waals surface area contributed by atoms with E-state index < -0.39 is 0 Å². The molecule has 0 saturated carbocycles. The van der Waals surface area contributed by atoms with E-state index in [1.807, 2.05) is 6.20 Å². The fourth-order valence-corrected chi connectivity index (χ4v) is 2.98. The van der Waals surface area contributed by atoms with Crippen LogP contribution in [0.4, 0.5) is 0 Å². The molecule has 0 spiro atoms. The van der Waals surface area contributed by atoms with Crippen molar-refractivity contribution in [1.82, 2.24) is 10.3 Å². The van der Waals surface area contributed by atoms with E-state index in [0.29, 0.717) is 24.0 Å². The van der Waals surface area contributed by atoms with Gasteiger partial charge in [-0.15, -0.1) is 0 Å². The first-order valence-corrected chi connectivity index (χ1v) is 7.82. The van der Waals surface area contributed by atoms with Crippen LogP contribution in [0, 0.1) is 5.92 Å². The van der Waals surface area contributed by atoms with Gasteiger partial charge in [-0.2, -0.15) is 0 Å². The third-order valence-corrected chi connectivity index (χ3v) is 4.26. The number of nitrogens with zero attached hydrogens (tertiary/aromatic N) is 1. The molecule has 1 aromatic rings. The molecule has 2 rings (SSSR count). The summed E-state index contributed by atoms with van der Waals surface area (Å²) in [4.78, 5) is 4.42. The van der Waals surface area contributed by atoms with Crippen LogP contribution in [0.3, 0.4) is 0 Å². The maximum Gasteiger partial charge on any atom is 0.194 e. The van der Waals surface area contributed by atoms with Gasteiger partial charge in [0.2, 0.25) is 0 Å². The Morgan fingerprint density at radius 1 is 1.25 bits per heavy atom. The largest absolute Gasteiger partial charge is 0.445 e. The number of hydrogen-bond donors (Lipinski definition) is 1. The maximum atomic E-state index is 5.94. The van der Waals surface area contributed by atoms with Crippen molar-refractivity contribution in [3.05, 3.63) is 17.8 Å². The van der Waals surface area contributed by atoms with E-state index in [1.165, 1.54) is 0 Å². The van der Waals surface area contributed by atoms with Gasteiger partial charge < -0.3 is 14.5 Å². The highest BCUT2D eigenvalue weighted by atomic mass is 16.5. The van der Waals surface area contributed by atoms with Crippen LogP contribution in [0.5, 0.6) is 0 Å². The van der Waals surface area contributed by atoms with Crippen molar-refractivity contribution in [3.8, 4) is 0 Å². The lowest BCUT2D eigenvalue weighted by Crippen LogP contribution is -2.23. The Morgan fingerprint density at radius 3 is 2.60 bits per heavy atom. The Labute approximate surface area is 122 Å². The molecule has 114 valence electrons. The first kappa shape index (κ1) is 15.5. The zero-order valence-electron chi connectivity index (χ0n) is 13.3. The van der Waals surface area contributed by atoms with Crippen molar-refractivity contribution in [2.75, 3.05) is 6.54 Å². The average molecular weight is 280 g/mol. The van der Waals surface area contributed by atoms with E-state index in [9.17, 15) is 0 Å². The highest BCUT2D eigenvalue weighted by Gasteiger charge is 2.40. The van der Waals surface area contributed by atoms with E-state index in [2.05, 4.69) is 44.9 Å². The Morgan fingerprint density at radius 2 is 2.00 bits per heavy atom. The molecular weight excluding hydrogens is 252 g/mol. The molecule has 0 amide bonds. The van der Waals surface area contributed by atoms with Crippen molar-refractivity contribution < 1.29 is 9.15 Å². The quantitative estimate of drug-likeness (QED) is 0.813. The fraction of sp³-hybridized carbons (Fsp3) is 0.812. The number of rotatable bonds is 6. The molecule has 1 saturated heterocycles. The molecule has 1 aliphatic heterocycles. The molecule has 20 heavy (non-hydrogen) atoms. The topological polar surface area (TPSA) is 47.3 Å². The third-order valence-electron chi connectivity index (χ3n) is 4.26. The van der Waals surface area contributed by atoms with Crippen molar-refractivity contribution in [2.24, 2.45) is 5.92 Å². The SMILES string of the molecule is CC(C)NCCCc1ncc(C2C(C)OC(C)C2C)o1. The van der Waals surface area contributed by atoms with Gasteiger partial charge in [-0.1, -0.05) is 20.8 Å². The minimum absolute atomic E-state index is 0.211. The predicted molar refractivity (Wildman–Crippen MR) is 79.9 cm³/mol. The average Bonchev–Trinajstić information content (AvgIpc) is 2.91. The first-order chi connectivity index (χ1) is 9.49. The highest BCUT2D eigenvalue weighted by Crippen LogP contribution is 2.39. The summed E-state index contributed by atoms with van der Waals surface area (Å²) in [5, 5.41) is 3.41. The predicted octanol–water partition coefficient (Wildman–Crippen LogP) is 3.13. The molecule has 4 unspecified atom stereocenters. The summed E-state index contributed by atoms with van der Waals surface area (Å²) >= 11 is 0. The van der Waals surface area contributed by atoms with Gasteiger partial charge in [0.25, 0.3) is 0 Å². The minimum Gasteiger partial charge on any atom is -0.445 e. The zero-order chi connectivity index (χ0) is 14.7. The van der Waals surface area contributed by atoms with Gasteiger partial charge in [0.05, 0.1) is 18.4 Å². The van der Waals surface area contributed by atoms with Crippen molar-refractivity contribution in [3.63, 3.8) is 0 Å². The van der Waals surface area contributed by atoms with Gasteiger partial charge in [0, 0.05) is 18.4 Å². The summed E-state index contributed by atoms with van der Waals surface area (Å²) in [5.41, 5.74) is 0. The van der Waals surface area contributed by atoms with Gasteiger partial charge in [0.1, 0.15) is 5.76 Å². The molecule has 0 bridgehead atoms. The lowest BCUT2D eigenvalue weighted by Gasteiger charge is -2.14. The molecule has 4 nitrogen and oxygen atoms in total. The van der Waals surface area contributed by atoms with Crippen LogP contribution < -0.4 is 5.32 Å². The first-order valence-electron chi connectivity index (χ1n) is 7.82. The lowest BCUT2D eigenvalue weighted by atomic mass is 9.88. The van der Waals surface area contributed by atoms with E-state index in [4.69, 9.17) is 9.15 Å². The monoisotopic (exact) mass is 280 g/mol. The number of nitrogens with one attached hydrogen (secondary N) is 1. The molecule has 2 heterocycles. The zero-order valence-corrected chi connectivity index (χ0v) is 13.3. The van der Waals surface area contributed by atoms with E-state index in [-0.39, 0.29) is 6.10 Å². The molecule has 4 heteroatoms. The molecule has 0 aromatic carbocycles. The fourth-order valence-electron chi connectivity index (χ4n) is 2.98. The number of oxazole rings is 1. The molecule has 1 N–H and O–H groups in total. The lowest BCUT2D eigenvalue weighted by molar-refractivity contribution is 0.0547. The van der Waals surface area contributed by atoms with Gasteiger partial charge in [-0.05, 0) is 32.7 Å². The highest BCUT2D eigenvalue weighted by molar-refractivity contribution is 5.09. The summed E-state index contributed by atoms with van der Waals surface area (Å²) in [5.74, 6) is 2.65. The summed E-state index contributed by atoms with van der Waals surface area (Å²) in [6.45, 7) is 11.8. The summed E-state index contributed by atoms with van der Waals surface area (Å²) in [7, 11) is 0. The minimum atomic E-state index is 0.211. The number of aromatic nitrogens is 1. The van der Waals surface area contributed by atoms with E-state index >= 15 is 0 Å². The Kier molecular flexibility index (Phi) is 5.22. The molecule has 1 fully saturated rings. The van der Waals surface area contributed by atoms with Crippen LogP contribution in [-0.2, 0) is 11.2 Å². The second-order valence-corrected chi connectivity index (χ2v) is 6.30. The maximum absolute atomic E-state index is 5.94. The number of hydrogen-bond acceptors (Lipinski definition) is 4. The van der Waals surface area contributed by atoms with Gasteiger partial charge in [0.15, 0.2) is 5.89 Å². The standard InChI is InChI=1S/C16H28N2O2/c1-10(2)17-8-6-7-15-18-9-14(20-15)16-11(3)12(4)19-13(16)5/h9-13,16-17H,6-8H2,1-5H3. The van der Waals surface area contributed by atoms with Crippen molar-refractivity contribution in [2.45, 2.75) is 71.6 Å². The number of ether oxygens (including phenoxy) is 1. The van der Waals surface area contributed by atoms with Crippen LogP contribution in [0.25, 0.3) is 0 Å². The van der Waals surface area contributed by atoms with Crippen LogP contribution in [0.1, 0.15) is 58.6 Å². The van der Waals surface area contributed by atoms with Gasteiger partial charge >= 0.3 is 0 Å². The van der Waals surface area contributed by atoms with Gasteiger partial charge in [-0.3, -0.25) is 0 Å². The summed E-state index contributed by atoms with van der Waals surface area (Å²) in [6.07, 6.45) is 4.35. The Balaban J connectivity index is 1.89. The van der Waals surface area contributed by atoms with E-state index in [1.54, 1.807) is 0 Å². The molecule has 1 aromatic heterocycles. The Hall–Kier alpha value is -0.870. The smallest absolute Gasteiger partial charge is 0.194 e. The van der Waals surface area contributed by atoms with Crippen LogP contribution in [0.2, 0.25) is 0 Å². The summed E-state index contributed by atoms with van der Waals surface area (Å²) < 4.78 is 11.8. The molecule has 0 aliphatic carbocycles. The molecular formula is C16H28N2O2. The second kappa shape index (κ2) is 6.72.